The van der Waals surface area contributed by atoms with Crippen molar-refractivity contribution in [1.29, 1.82) is 0 Å². The lowest BCUT2D eigenvalue weighted by atomic mass is 10.2. The molecule has 26 heavy (non-hydrogen) atoms. The van der Waals surface area contributed by atoms with E-state index in [1.165, 1.54) is 19.2 Å². The Morgan fingerprint density at radius 1 is 1.23 bits per heavy atom. The summed E-state index contributed by atoms with van der Waals surface area (Å²) < 4.78 is 30.4. The van der Waals surface area contributed by atoms with Gasteiger partial charge in [-0.2, -0.15) is 4.68 Å². The molecule has 0 amide bonds. The molecule has 0 bridgehead atoms. The van der Waals surface area contributed by atoms with Crippen LogP contribution in [0.15, 0.2) is 32.7 Å². The number of hydrogen-bond acceptors (Lipinski definition) is 5. The number of nitrogens with one attached hydrogen (secondary N) is 2. The molecule has 2 aromatic rings. The largest absolute Gasteiger partial charge is 0.350 e. The lowest BCUT2D eigenvalue weighted by Crippen LogP contribution is -2.44. The average Bonchev–Trinajstić information content (AvgIpc) is 3.50. The van der Waals surface area contributed by atoms with E-state index >= 15 is 0 Å². The molecule has 140 valence electrons. The van der Waals surface area contributed by atoms with Crippen molar-refractivity contribution in [2.45, 2.75) is 49.6 Å². The molecule has 0 radical (unpaired) electrons. The van der Waals surface area contributed by atoms with Gasteiger partial charge < -0.3 is 5.43 Å². The van der Waals surface area contributed by atoms with Gasteiger partial charge in [0.1, 0.15) is 0 Å². The number of hydrogen-bond donors (Lipinski definition) is 2. The van der Waals surface area contributed by atoms with Gasteiger partial charge in [-0.05, 0) is 56.7 Å². The Bertz CT molecular complexity index is 1110. The Balaban J connectivity index is 1.90. The summed E-state index contributed by atoms with van der Waals surface area (Å²) in [6.07, 6.45) is 3.71. The predicted molar refractivity (Wildman–Crippen MR) is 98.4 cm³/mol. The van der Waals surface area contributed by atoms with Gasteiger partial charge in [0.2, 0.25) is 10.0 Å². The molecule has 4 rings (SSSR count). The van der Waals surface area contributed by atoms with Gasteiger partial charge in [0.05, 0.1) is 15.8 Å². The summed E-state index contributed by atoms with van der Waals surface area (Å²) >= 11 is 0. The molecule has 9 heteroatoms. The summed E-state index contributed by atoms with van der Waals surface area (Å²) in [6.45, 7) is 2.38. The molecule has 2 aliphatic carbocycles. The first-order chi connectivity index (χ1) is 12.2. The van der Waals surface area contributed by atoms with Gasteiger partial charge in [-0.3, -0.25) is 9.36 Å². The van der Waals surface area contributed by atoms with Crippen molar-refractivity contribution in [3.63, 3.8) is 0 Å². The highest BCUT2D eigenvalue weighted by atomic mass is 32.2. The molecule has 1 aromatic heterocycles. The van der Waals surface area contributed by atoms with Gasteiger partial charge in [0.15, 0.2) is 0 Å². The summed E-state index contributed by atoms with van der Waals surface area (Å²) in [7, 11) is -2.23. The quantitative estimate of drug-likeness (QED) is 0.765. The lowest BCUT2D eigenvalue weighted by molar-refractivity contribution is 0.558. The monoisotopic (exact) mass is 378 g/mol. The summed E-state index contributed by atoms with van der Waals surface area (Å²) in [6, 6.07) is 4.38. The highest BCUT2D eigenvalue weighted by Gasteiger charge is 2.41. The Morgan fingerprint density at radius 3 is 2.50 bits per heavy atom. The van der Waals surface area contributed by atoms with Crippen LogP contribution >= 0.6 is 0 Å². The standard InChI is InChI=1S/C17H22N4O4S/c1-17(7-8-17)19-26(24,25)12-5-6-14-13(9-12)15(22)21(18-2)16(23)20(14)10-11-3-4-11/h5-6,9,11,18-19H,3-4,7-8,10H2,1-2H3. The van der Waals surface area contributed by atoms with Crippen molar-refractivity contribution in [3.05, 3.63) is 39.0 Å². The van der Waals surface area contributed by atoms with E-state index in [1.807, 2.05) is 6.92 Å². The summed E-state index contributed by atoms with van der Waals surface area (Å²) in [5, 5.41) is 0.212. The highest BCUT2D eigenvalue weighted by molar-refractivity contribution is 7.89. The second-order valence-corrected chi connectivity index (χ2v) is 9.23. The summed E-state index contributed by atoms with van der Waals surface area (Å²) in [4.78, 5) is 25.3. The van der Waals surface area contributed by atoms with Crippen molar-refractivity contribution >= 4 is 20.9 Å². The Hall–Kier alpha value is -2.13. The second kappa shape index (κ2) is 5.68. The first kappa shape index (κ1) is 17.3. The molecule has 2 aliphatic rings. The van der Waals surface area contributed by atoms with Crippen molar-refractivity contribution in [1.82, 2.24) is 14.0 Å². The van der Waals surface area contributed by atoms with Crippen LogP contribution in [0.5, 0.6) is 0 Å². The molecule has 2 saturated carbocycles. The molecule has 1 heterocycles. The summed E-state index contributed by atoms with van der Waals surface area (Å²) in [5.41, 5.74) is 1.69. The van der Waals surface area contributed by atoms with Crippen LogP contribution in [-0.4, -0.2) is 30.2 Å². The Morgan fingerprint density at radius 2 is 1.92 bits per heavy atom. The third kappa shape index (κ3) is 2.95. The van der Waals surface area contributed by atoms with Crippen molar-refractivity contribution < 1.29 is 8.42 Å². The van der Waals surface area contributed by atoms with E-state index in [1.54, 1.807) is 10.6 Å². The maximum Gasteiger partial charge on any atom is 0.350 e. The van der Waals surface area contributed by atoms with Gasteiger partial charge in [-0.25, -0.2) is 17.9 Å². The SMILES string of the molecule is CNn1c(=O)c2cc(S(=O)(=O)NC3(C)CC3)ccc2n(CC2CC2)c1=O. The average molecular weight is 378 g/mol. The molecule has 0 unspecified atom stereocenters. The smallest absolute Gasteiger partial charge is 0.322 e. The van der Waals surface area contributed by atoms with Crippen molar-refractivity contribution in [2.75, 3.05) is 12.5 Å². The minimum Gasteiger partial charge on any atom is -0.322 e. The van der Waals surface area contributed by atoms with Crippen LogP contribution in [-0.2, 0) is 16.6 Å². The lowest BCUT2D eigenvalue weighted by Gasteiger charge is -2.15. The fourth-order valence-corrected chi connectivity index (χ4v) is 4.62. The van der Waals surface area contributed by atoms with Crippen LogP contribution in [0.1, 0.15) is 32.6 Å². The topological polar surface area (TPSA) is 102 Å². The van der Waals surface area contributed by atoms with Crippen molar-refractivity contribution in [2.24, 2.45) is 5.92 Å². The molecule has 0 spiro atoms. The first-order valence-corrected chi connectivity index (χ1v) is 10.2. The van der Waals surface area contributed by atoms with Crippen LogP contribution in [0.25, 0.3) is 10.9 Å². The molecule has 8 nitrogen and oxygen atoms in total. The Kier molecular flexibility index (Phi) is 3.78. The zero-order valence-electron chi connectivity index (χ0n) is 14.8. The van der Waals surface area contributed by atoms with E-state index in [9.17, 15) is 18.0 Å². The van der Waals surface area contributed by atoms with Gasteiger partial charge in [0, 0.05) is 19.1 Å². The molecule has 2 N–H and O–H groups in total. The number of nitrogens with zero attached hydrogens (tertiary/aromatic N) is 2. The molecule has 1 aromatic carbocycles. The normalized spacial score (nSPS) is 18.8. The van der Waals surface area contributed by atoms with E-state index in [0.717, 1.165) is 30.4 Å². The fourth-order valence-electron chi connectivity index (χ4n) is 3.13. The fraction of sp³-hybridized carbons (Fsp3) is 0.529. The highest BCUT2D eigenvalue weighted by Crippen LogP contribution is 2.36. The van der Waals surface area contributed by atoms with E-state index < -0.39 is 26.8 Å². The maximum atomic E-state index is 12.7. The third-order valence-electron chi connectivity index (χ3n) is 5.17. The molecule has 0 atom stereocenters. The zero-order valence-corrected chi connectivity index (χ0v) is 15.6. The van der Waals surface area contributed by atoms with Crippen LogP contribution in [0.3, 0.4) is 0 Å². The third-order valence-corrected chi connectivity index (χ3v) is 6.80. The van der Waals surface area contributed by atoms with E-state index in [4.69, 9.17) is 0 Å². The number of benzene rings is 1. The van der Waals surface area contributed by atoms with Gasteiger partial charge in [0.25, 0.3) is 5.56 Å². The maximum absolute atomic E-state index is 12.7. The second-order valence-electron chi connectivity index (χ2n) is 7.55. The zero-order chi connectivity index (χ0) is 18.7. The van der Waals surface area contributed by atoms with Crippen LogP contribution < -0.4 is 21.4 Å². The number of fused-ring (bicyclic) bond motifs is 1. The van der Waals surface area contributed by atoms with Crippen molar-refractivity contribution in [3.8, 4) is 0 Å². The van der Waals surface area contributed by atoms with E-state index in [0.29, 0.717) is 18.0 Å². The summed E-state index contributed by atoms with van der Waals surface area (Å²) in [5.74, 6) is 0.429. The van der Waals surface area contributed by atoms with Crippen LogP contribution in [0.2, 0.25) is 0 Å². The van der Waals surface area contributed by atoms with Gasteiger partial charge >= 0.3 is 5.69 Å². The Labute approximate surface area is 150 Å². The van der Waals surface area contributed by atoms with Crippen LogP contribution in [0, 0.1) is 5.92 Å². The minimum absolute atomic E-state index is 0.0366. The van der Waals surface area contributed by atoms with Crippen LogP contribution in [0.4, 0.5) is 0 Å². The predicted octanol–water partition coefficient (Wildman–Crippen LogP) is 0.577. The van der Waals surface area contributed by atoms with Gasteiger partial charge in [-0.15, -0.1) is 0 Å². The molecule has 2 fully saturated rings. The van der Waals surface area contributed by atoms with Gasteiger partial charge in [-0.1, -0.05) is 0 Å². The molecule has 0 aliphatic heterocycles. The van der Waals surface area contributed by atoms with E-state index in [2.05, 4.69) is 10.1 Å². The molecule has 0 saturated heterocycles. The number of aromatic nitrogens is 2. The number of rotatable bonds is 6. The minimum atomic E-state index is -3.72. The first-order valence-electron chi connectivity index (χ1n) is 8.75. The number of sulfonamides is 1. The molecular weight excluding hydrogens is 356 g/mol. The molecular formula is C17H22N4O4S. The van der Waals surface area contributed by atoms with E-state index in [-0.39, 0.29) is 10.3 Å².